The summed E-state index contributed by atoms with van der Waals surface area (Å²) in [6.07, 6.45) is 0. The standard InChI is InChI=1S/C17H15ClFN5O2S/c1-26-14-7-2-10(18)8-13(14)16-22-23-17(24(16)20)27-9-15(25)21-12-5-3-11(19)4-6-12/h2-8H,9,20H2,1H3,(H,21,25). The Morgan fingerprint density at radius 2 is 2.04 bits per heavy atom. The number of nitrogens with zero attached hydrogens (tertiary/aromatic N) is 3. The highest BCUT2D eigenvalue weighted by Crippen LogP contribution is 2.32. The van der Waals surface area contributed by atoms with Crippen LogP contribution >= 0.6 is 23.4 Å². The Morgan fingerprint density at radius 1 is 1.30 bits per heavy atom. The summed E-state index contributed by atoms with van der Waals surface area (Å²) in [5, 5.41) is 11.6. The van der Waals surface area contributed by atoms with E-state index in [-0.39, 0.29) is 17.5 Å². The number of benzene rings is 2. The van der Waals surface area contributed by atoms with Crippen LogP contribution in [0.5, 0.6) is 5.75 Å². The molecule has 1 heterocycles. The molecule has 10 heteroatoms. The Bertz CT molecular complexity index is 964. The summed E-state index contributed by atoms with van der Waals surface area (Å²) < 4.78 is 19.5. The maximum atomic E-state index is 12.9. The van der Waals surface area contributed by atoms with Crippen molar-refractivity contribution in [2.24, 2.45) is 0 Å². The lowest BCUT2D eigenvalue weighted by molar-refractivity contribution is -0.113. The van der Waals surface area contributed by atoms with Gasteiger partial charge in [-0.05, 0) is 42.5 Å². The Morgan fingerprint density at radius 3 is 2.74 bits per heavy atom. The van der Waals surface area contributed by atoms with Crippen molar-refractivity contribution in [2.75, 3.05) is 24.0 Å². The van der Waals surface area contributed by atoms with Crippen molar-refractivity contribution >= 4 is 35.0 Å². The van der Waals surface area contributed by atoms with Crippen molar-refractivity contribution in [2.45, 2.75) is 5.16 Å². The van der Waals surface area contributed by atoms with Gasteiger partial charge in [0.2, 0.25) is 11.1 Å². The number of thioether (sulfide) groups is 1. The molecule has 0 aliphatic heterocycles. The molecule has 0 saturated heterocycles. The molecule has 0 saturated carbocycles. The van der Waals surface area contributed by atoms with Gasteiger partial charge in [-0.25, -0.2) is 9.07 Å². The van der Waals surface area contributed by atoms with Crippen LogP contribution in [0.2, 0.25) is 5.02 Å². The van der Waals surface area contributed by atoms with Crippen LogP contribution in [0, 0.1) is 5.82 Å². The highest BCUT2D eigenvalue weighted by molar-refractivity contribution is 7.99. The van der Waals surface area contributed by atoms with Crippen molar-refractivity contribution < 1.29 is 13.9 Å². The van der Waals surface area contributed by atoms with E-state index in [0.717, 1.165) is 11.8 Å². The molecule has 3 N–H and O–H groups in total. The first-order chi connectivity index (χ1) is 13.0. The lowest BCUT2D eigenvalue weighted by Crippen LogP contribution is -2.16. The van der Waals surface area contributed by atoms with Gasteiger partial charge in [0.25, 0.3) is 0 Å². The molecule has 0 spiro atoms. The van der Waals surface area contributed by atoms with Gasteiger partial charge in [0.15, 0.2) is 5.82 Å². The molecular weight excluding hydrogens is 393 g/mol. The minimum atomic E-state index is -0.373. The van der Waals surface area contributed by atoms with Crippen LogP contribution in [-0.2, 0) is 4.79 Å². The lowest BCUT2D eigenvalue weighted by atomic mass is 10.2. The Balaban J connectivity index is 1.70. The molecule has 3 rings (SSSR count). The zero-order valence-electron chi connectivity index (χ0n) is 14.1. The third-order valence-corrected chi connectivity index (χ3v) is 4.71. The molecular formula is C17H15ClFN5O2S. The second-order valence-electron chi connectivity index (χ2n) is 5.36. The van der Waals surface area contributed by atoms with Gasteiger partial charge >= 0.3 is 0 Å². The fourth-order valence-electron chi connectivity index (χ4n) is 2.27. The minimum Gasteiger partial charge on any atom is -0.496 e. The zero-order valence-corrected chi connectivity index (χ0v) is 15.7. The average molecular weight is 408 g/mol. The van der Waals surface area contributed by atoms with Gasteiger partial charge in [0, 0.05) is 10.7 Å². The Labute approximate surface area is 163 Å². The molecule has 0 bridgehead atoms. The van der Waals surface area contributed by atoms with Gasteiger partial charge in [0.1, 0.15) is 11.6 Å². The molecule has 140 valence electrons. The van der Waals surface area contributed by atoms with E-state index < -0.39 is 0 Å². The van der Waals surface area contributed by atoms with E-state index in [9.17, 15) is 9.18 Å². The van der Waals surface area contributed by atoms with E-state index in [2.05, 4.69) is 15.5 Å². The van der Waals surface area contributed by atoms with Crippen LogP contribution < -0.4 is 15.9 Å². The minimum absolute atomic E-state index is 0.0550. The fraction of sp³-hybridized carbons (Fsp3) is 0.118. The summed E-state index contributed by atoms with van der Waals surface area (Å²) >= 11 is 7.15. The molecule has 0 aliphatic carbocycles. The van der Waals surface area contributed by atoms with Crippen molar-refractivity contribution in [1.82, 2.24) is 14.9 Å². The molecule has 0 radical (unpaired) electrons. The number of nitrogen functional groups attached to an aromatic ring is 1. The first kappa shape index (κ1) is 19.0. The lowest BCUT2D eigenvalue weighted by Gasteiger charge is -2.09. The average Bonchev–Trinajstić information content (AvgIpc) is 3.02. The van der Waals surface area contributed by atoms with Crippen molar-refractivity contribution in [1.29, 1.82) is 0 Å². The molecule has 0 atom stereocenters. The number of carbonyl (C=O) groups excluding carboxylic acids is 1. The smallest absolute Gasteiger partial charge is 0.234 e. The SMILES string of the molecule is COc1ccc(Cl)cc1-c1nnc(SCC(=O)Nc2ccc(F)cc2)n1N. The largest absolute Gasteiger partial charge is 0.496 e. The quantitative estimate of drug-likeness (QED) is 0.481. The second kappa shape index (κ2) is 8.28. The number of anilines is 1. The number of methoxy groups -OCH3 is 1. The van der Waals surface area contributed by atoms with Crippen LogP contribution in [0.1, 0.15) is 0 Å². The summed E-state index contributed by atoms with van der Waals surface area (Å²) in [5.41, 5.74) is 1.09. The number of amides is 1. The number of nitrogens with two attached hydrogens (primary N) is 1. The molecule has 2 aromatic carbocycles. The molecule has 1 aromatic heterocycles. The summed E-state index contributed by atoms with van der Waals surface area (Å²) in [6.45, 7) is 0. The monoisotopic (exact) mass is 407 g/mol. The second-order valence-corrected chi connectivity index (χ2v) is 6.74. The number of ether oxygens (including phenoxy) is 1. The van der Waals surface area contributed by atoms with E-state index in [4.69, 9.17) is 22.2 Å². The predicted octanol–water partition coefficient (Wildman–Crippen LogP) is 3.19. The number of hydrogen-bond acceptors (Lipinski definition) is 6. The maximum Gasteiger partial charge on any atom is 0.234 e. The number of halogens is 2. The van der Waals surface area contributed by atoms with E-state index >= 15 is 0 Å². The van der Waals surface area contributed by atoms with Gasteiger partial charge in [-0.15, -0.1) is 10.2 Å². The Kier molecular flexibility index (Phi) is 5.82. The topological polar surface area (TPSA) is 95.1 Å². The third kappa shape index (κ3) is 4.50. The molecule has 27 heavy (non-hydrogen) atoms. The van der Waals surface area contributed by atoms with E-state index in [1.165, 1.54) is 36.1 Å². The third-order valence-electron chi connectivity index (χ3n) is 3.53. The highest BCUT2D eigenvalue weighted by atomic mass is 35.5. The van der Waals surface area contributed by atoms with E-state index in [0.29, 0.717) is 33.0 Å². The van der Waals surface area contributed by atoms with Crippen molar-refractivity contribution in [3.05, 3.63) is 53.3 Å². The normalized spacial score (nSPS) is 10.6. The summed E-state index contributed by atoms with van der Waals surface area (Å²) in [6, 6.07) is 10.6. The zero-order chi connectivity index (χ0) is 19.4. The molecule has 0 fully saturated rings. The van der Waals surface area contributed by atoms with Gasteiger partial charge in [-0.2, -0.15) is 0 Å². The summed E-state index contributed by atoms with van der Waals surface area (Å²) in [7, 11) is 1.53. The molecule has 0 aliphatic rings. The first-order valence-electron chi connectivity index (χ1n) is 7.70. The van der Waals surface area contributed by atoms with Gasteiger partial charge < -0.3 is 15.9 Å². The van der Waals surface area contributed by atoms with Crippen LogP contribution in [-0.4, -0.2) is 33.6 Å². The fourth-order valence-corrected chi connectivity index (χ4v) is 3.10. The van der Waals surface area contributed by atoms with Crippen LogP contribution in [0.4, 0.5) is 10.1 Å². The van der Waals surface area contributed by atoms with Crippen molar-refractivity contribution in [3.63, 3.8) is 0 Å². The Hall–Kier alpha value is -2.78. The number of nitrogens with one attached hydrogen (secondary N) is 1. The number of hydrogen-bond donors (Lipinski definition) is 2. The maximum absolute atomic E-state index is 12.9. The van der Waals surface area contributed by atoms with Gasteiger partial charge in [0.05, 0.1) is 18.4 Å². The van der Waals surface area contributed by atoms with Crippen molar-refractivity contribution in [3.8, 4) is 17.1 Å². The van der Waals surface area contributed by atoms with Crippen LogP contribution in [0.15, 0.2) is 47.6 Å². The summed E-state index contributed by atoms with van der Waals surface area (Å²) in [4.78, 5) is 12.0. The van der Waals surface area contributed by atoms with E-state index in [1.807, 2.05) is 0 Å². The van der Waals surface area contributed by atoms with Crippen LogP contribution in [0.25, 0.3) is 11.4 Å². The molecule has 0 unspecified atom stereocenters. The number of rotatable bonds is 6. The summed E-state index contributed by atoms with van der Waals surface area (Å²) in [5.74, 6) is 6.37. The van der Waals surface area contributed by atoms with E-state index in [1.54, 1.807) is 18.2 Å². The van der Waals surface area contributed by atoms with Gasteiger partial charge in [-0.1, -0.05) is 23.4 Å². The molecule has 3 aromatic rings. The number of aromatic nitrogens is 3. The molecule has 1 amide bonds. The highest BCUT2D eigenvalue weighted by Gasteiger charge is 2.17. The predicted molar refractivity (Wildman–Crippen MR) is 103 cm³/mol. The number of carbonyl (C=O) groups is 1. The van der Waals surface area contributed by atoms with Crippen LogP contribution in [0.3, 0.4) is 0 Å². The first-order valence-corrected chi connectivity index (χ1v) is 9.07. The molecule has 7 nitrogen and oxygen atoms in total. The van der Waals surface area contributed by atoms with Gasteiger partial charge in [-0.3, -0.25) is 4.79 Å².